The van der Waals surface area contributed by atoms with E-state index in [1.807, 2.05) is 12.1 Å². The fourth-order valence-electron chi connectivity index (χ4n) is 1.54. The summed E-state index contributed by atoms with van der Waals surface area (Å²) >= 11 is 2.19. The van der Waals surface area contributed by atoms with Crippen molar-refractivity contribution in [3.63, 3.8) is 0 Å². The molecule has 0 saturated carbocycles. The van der Waals surface area contributed by atoms with Crippen molar-refractivity contribution in [3.8, 4) is 5.75 Å². The topological polar surface area (TPSA) is 34.1 Å². The van der Waals surface area contributed by atoms with Gasteiger partial charge in [-0.15, -0.1) is 0 Å². The number of piperidine rings is 1. The van der Waals surface area contributed by atoms with Crippen LogP contribution in [0.3, 0.4) is 0 Å². The Morgan fingerprint density at radius 1 is 1.50 bits per heavy atom. The van der Waals surface area contributed by atoms with Gasteiger partial charge >= 0.3 is 0 Å². The number of pyridine rings is 1. The smallest absolute Gasteiger partial charge is 0.138 e. The van der Waals surface area contributed by atoms with E-state index in [4.69, 9.17) is 4.74 Å². The highest BCUT2D eigenvalue weighted by molar-refractivity contribution is 14.1. The van der Waals surface area contributed by atoms with E-state index in [1.165, 1.54) is 6.42 Å². The number of rotatable bonds is 2. The van der Waals surface area contributed by atoms with Crippen LogP contribution in [0.15, 0.2) is 18.3 Å². The number of nitrogens with one attached hydrogen (secondary N) is 1. The van der Waals surface area contributed by atoms with Crippen LogP contribution < -0.4 is 10.1 Å². The molecule has 0 amide bonds. The maximum absolute atomic E-state index is 5.78. The van der Waals surface area contributed by atoms with E-state index < -0.39 is 0 Å². The fraction of sp³-hybridized carbons (Fsp3) is 0.500. The third-order valence-corrected chi connectivity index (χ3v) is 2.89. The van der Waals surface area contributed by atoms with Crippen LogP contribution >= 0.6 is 22.6 Å². The number of halogens is 1. The summed E-state index contributed by atoms with van der Waals surface area (Å²) in [5.41, 5.74) is 0. The van der Waals surface area contributed by atoms with Gasteiger partial charge in [-0.3, -0.25) is 0 Å². The first-order chi connectivity index (χ1) is 6.84. The summed E-state index contributed by atoms with van der Waals surface area (Å²) in [6.45, 7) is 2.07. The van der Waals surface area contributed by atoms with E-state index in [0.717, 1.165) is 29.0 Å². The third kappa shape index (κ3) is 2.81. The van der Waals surface area contributed by atoms with Gasteiger partial charge in [-0.25, -0.2) is 4.98 Å². The molecule has 1 fully saturated rings. The van der Waals surface area contributed by atoms with E-state index in [1.54, 1.807) is 6.20 Å². The second-order valence-electron chi connectivity index (χ2n) is 3.40. The molecule has 0 aromatic carbocycles. The van der Waals surface area contributed by atoms with E-state index in [0.29, 0.717) is 6.10 Å². The first-order valence-corrected chi connectivity index (χ1v) is 5.91. The molecule has 1 atom stereocenters. The lowest BCUT2D eigenvalue weighted by Gasteiger charge is -2.23. The van der Waals surface area contributed by atoms with E-state index in [9.17, 15) is 0 Å². The van der Waals surface area contributed by atoms with Gasteiger partial charge in [-0.05, 0) is 54.1 Å². The molecule has 3 nitrogen and oxygen atoms in total. The minimum absolute atomic E-state index is 0.311. The summed E-state index contributed by atoms with van der Waals surface area (Å²) in [4.78, 5) is 4.19. The summed E-state index contributed by atoms with van der Waals surface area (Å²) < 4.78 is 6.78. The minimum atomic E-state index is 0.311. The SMILES string of the molecule is Ic1ccc(O[C@H]2CCCNC2)cn1. The van der Waals surface area contributed by atoms with Crippen LogP contribution in [-0.2, 0) is 0 Å². The van der Waals surface area contributed by atoms with Gasteiger partial charge in [-0.1, -0.05) is 0 Å². The second-order valence-corrected chi connectivity index (χ2v) is 4.51. The lowest BCUT2D eigenvalue weighted by molar-refractivity contribution is 0.166. The molecule has 0 bridgehead atoms. The fourth-order valence-corrected chi connectivity index (χ4v) is 1.86. The van der Waals surface area contributed by atoms with Crippen LogP contribution in [0, 0.1) is 3.70 Å². The number of ether oxygens (including phenoxy) is 1. The number of hydrogen-bond acceptors (Lipinski definition) is 3. The number of nitrogens with zero attached hydrogens (tertiary/aromatic N) is 1. The van der Waals surface area contributed by atoms with Crippen molar-refractivity contribution in [1.29, 1.82) is 0 Å². The zero-order valence-electron chi connectivity index (χ0n) is 7.87. The molecule has 14 heavy (non-hydrogen) atoms. The molecule has 1 aliphatic rings. The lowest BCUT2D eigenvalue weighted by Crippen LogP contribution is -2.37. The molecule has 1 aliphatic heterocycles. The van der Waals surface area contributed by atoms with Crippen molar-refractivity contribution in [1.82, 2.24) is 10.3 Å². The molecule has 0 radical (unpaired) electrons. The molecule has 1 aromatic heterocycles. The standard InChI is InChI=1S/C10H13IN2O/c11-10-4-3-9(7-13-10)14-8-2-1-5-12-6-8/h3-4,7-8,12H,1-2,5-6H2/t8-/m0/s1. The van der Waals surface area contributed by atoms with Gasteiger partial charge in [0, 0.05) is 6.54 Å². The molecule has 1 aromatic rings. The summed E-state index contributed by atoms with van der Waals surface area (Å²) in [6.07, 6.45) is 4.43. The van der Waals surface area contributed by atoms with Gasteiger partial charge in [0.2, 0.25) is 0 Å². The Morgan fingerprint density at radius 3 is 3.07 bits per heavy atom. The highest BCUT2D eigenvalue weighted by Crippen LogP contribution is 2.15. The molecule has 76 valence electrons. The first-order valence-electron chi connectivity index (χ1n) is 4.83. The normalized spacial score (nSPS) is 21.9. The Kier molecular flexibility index (Phi) is 3.58. The minimum Gasteiger partial charge on any atom is -0.487 e. The molecule has 4 heteroatoms. The van der Waals surface area contributed by atoms with Gasteiger partial charge in [0.1, 0.15) is 15.6 Å². The van der Waals surface area contributed by atoms with Crippen molar-refractivity contribution in [3.05, 3.63) is 22.0 Å². The molecule has 0 unspecified atom stereocenters. The zero-order valence-corrected chi connectivity index (χ0v) is 10.0. The number of hydrogen-bond donors (Lipinski definition) is 1. The summed E-state index contributed by atoms with van der Waals surface area (Å²) in [7, 11) is 0. The van der Waals surface area contributed by atoms with Gasteiger partial charge in [0.05, 0.1) is 6.20 Å². The molecule has 2 heterocycles. The molecule has 1 saturated heterocycles. The molecule has 2 rings (SSSR count). The van der Waals surface area contributed by atoms with Gasteiger partial charge < -0.3 is 10.1 Å². The highest BCUT2D eigenvalue weighted by Gasteiger charge is 2.13. The van der Waals surface area contributed by atoms with E-state index >= 15 is 0 Å². The highest BCUT2D eigenvalue weighted by atomic mass is 127. The molecular formula is C10H13IN2O. The van der Waals surface area contributed by atoms with Gasteiger partial charge in [0.25, 0.3) is 0 Å². The van der Waals surface area contributed by atoms with Crippen LogP contribution in [0.2, 0.25) is 0 Å². The molecular weight excluding hydrogens is 291 g/mol. The van der Waals surface area contributed by atoms with Crippen LogP contribution in [0.1, 0.15) is 12.8 Å². The maximum Gasteiger partial charge on any atom is 0.138 e. The average Bonchev–Trinajstić information content (AvgIpc) is 2.23. The molecule has 1 N–H and O–H groups in total. The van der Waals surface area contributed by atoms with Crippen molar-refractivity contribution in [2.24, 2.45) is 0 Å². The monoisotopic (exact) mass is 304 g/mol. The largest absolute Gasteiger partial charge is 0.487 e. The Labute approximate surface area is 97.4 Å². The molecule has 0 spiro atoms. The van der Waals surface area contributed by atoms with Crippen molar-refractivity contribution < 1.29 is 4.74 Å². The Bertz CT molecular complexity index is 283. The maximum atomic E-state index is 5.78. The third-order valence-electron chi connectivity index (χ3n) is 2.25. The summed E-state index contributed by atoms with van der Waals surface area (Å²) in [5, 5.41) is 3.32. The van der Waals surface area contributed by atoms with E-state index in [2.05, 4.69) is 32.9 Å². The Balaban J connectivity index is 1.92. The Morgan fingerprint density at radius 2 is 2.43 bits per heavy atom. The summed E-state index contributed by atoms with van der Waals surface area (Å²) in [5.74, 6) is 0.874. The molecule has 0 aliphatic carbocycles. The zero-order chi connectivity index (χ0) is 9.80. The van der Waals surface area contributed by atoms with Crippen LogP contribution in [0.4, 0.5) is 0 Å². The van der Waals surface area contributed by atoms with E-state index in [-0.39, 0.29) is 0 Å². The quantitative estimate of drug-likeness (QED) is 0.668. The van der Waals surface area contributed by atoms with Crippen LogP contribution in [-0.4, -0.2) is 24.2 Å². The van der Waals surface area contributed by atoms with Crippen LogP contribution in [0.5, 0.6) is 5.75 Å². The van der Waals surface area contributed by atoms with Gasteiger partial charge in [0.15, 0.2) is 0 Å². The predicted octanol–water partition coefficient (Wildman–Crippen LogP) is 1.82. The predicted molar refractivity (Wildman–Crippen MR) is 63.5 cm³/mol. The summed E-state index contributed by atoms with van der Waals surface area (Å²) in [6, 6.07) is 3.94. The second kappa shape index (κ2) is 4.93. The first kappa shape index (κ1) is 10.2. The van der Waals surface area contributed by atoms with Crippen molar-refractivity contribution >= 4 is 22.6 Å². The van der Waals surface area contributed by atoms with Gasteiger partial charge in [-0.2, -0.15) is 0 Å². The van der Waals surface area contributed by atoms with Crippen molar-refractivity contribution in [2.45, 2.75) is 18.9 Å². The number of aromatic nitrogens is 1. The lowest BCUT2D eigenvalue weighted by atomic mass is 10.1. The van der Waals surface area contributed by atoms with Crippen molar-refractivity contribution in [2.75, 3.05) is 13.1 Å². The average molecular weight is 304 g/mol. The van der Waals surface area contributed by atoms with Crippen LogP contribution in [0.25, 0.3) is 0 Å². The Hall–Kier alpha value is -0.360.